The maximum absolute atomic E-state index is 13.2. The Morgan fingerprint density at radius 1 is 0.962 bits per heavy atom. The number of thioether (sulfide) groups is 1. The Kier molecular flexibility index (Phi) is 5.18. The van der Waals surface area contributed by atoms with Crippen molar-refractivity contribution in [3.63, 3.8) is 0 Å². The molecule has 3 rings (SSSR count). The van der Waals surface area contributed by atoms with Gasteiger partial charge in [0.2, 0.25) is 0 Å². The summed E-state index contributed by atoms with van der Waals surface area (Å²) in [6.45, 7) is 5.88. The first-order valence-corrected chi connectivity index (χ1v) is 9.44. The number of aryl methyl sites for hydroxylation is 2. The van der Waals surface area contributed by atoms with Crippen LogP contribution in [0.1, 0.15) is 23.6 Å². The highest BCUT2D eigenvalue weighted by Crippen LogP contribution is 2.41. The highest BCUT2D eigenvalue weighted by molar-refractivity contribution is 8.04. The molecule has 0 bridgehead atoms. The van der Waals surface area contributed by atoms with E-state index < -0.39 is 0 Å². The van der Waals surface area contributed by atoms with Gasteiger partial charge in [-0.15, -0.1) is 11.8 Å². The molecule has 2 amide bonds. The molecule has 1 aliphatic rings. The lowest BCUT2D eigenvalue weighted by Crippen LogP contribution is -2.31. The summed E-state index contributed by atoms with van der Waals surface area (Å²) in [4.78, 5) is 28.1. The van der Waals surface area contributed by atoms with Gasteiger partial charge in [-0.3, -0.25) is 9.59 Å². The van der Waals surface area contributed by atoms with Crippen molar-refractivity contribution < 1.29 is 14.3 Å². The molecule has 0 radical (unpaired) electrons. The van der Waals surface area contributed by atoms with Gasteiger partial charge in [-0.2, -0.15) is 0 Å². The molecule has 2 aromatic rings. The van der Waals surface area contributed by atoms with E-state index in [0.29, 0.717) is 27.7 Å². The average Bonchev–Trinajstić information content (AvgIpc) is 2.86. The first kappa shape index (κ1) is 18.3. The standard InChI is InChI=1S/C21H21NO3S/c1-5-26-19-18(15-9-6-13(2)7-10-15)20(23)22(21(19)24)16-12-14(3)8-11-17(16)25-4/h6-12H,5H2,1-4H3. The molecule has 5 heteroatoms. The molecule has 0 spiro atoms. The van der Waals surface area contributed by atoms with Crippen molar-refractivity contribution in [2.24, 2.45) is 0 Å². The van der Waals surface area contributed by atoms with E-state index in [1.807, 2.05) is 51.1 Å². The summed E-state index contributed by atoms with van der Waals surface area (Å²) in [7, 11) is 1.54. The monoisotopic (exact) mass is 367 g/mol. The fourth-order valence-electron chi connectivity index (χ4n) is 2.96. The third-order valence-corrected chi connectivity index (χ3v) is 5.20. The summed E-state index contributed by atoms with van der Waals surface area (Å²) >= 11 is 1.40. The number of amides is 2. The van der Waals surface area contributed by atoms with Crippen molar-refractivity contribution in [3.8, 4) is 5.75 Å². The molecule has 4 nitrogen and oxygen atoms in total. The number of nitrogens with zero attached hydrogens (tertiary/aromatic N) is 1. The Hall–Kier alpha value is -2.53. The van der Waals surface area contributed by atoms with Crippen molar-refractivity contribution in [2.45, 2.75) is 20.8 Å². The van der Waals surface area contributed by atoms with Gasteiger partial charge in [0.25, 0.3) is 11.8 Å². The number of rotatable bonds is 5. The molecule has 0 saturated carbocycles. The summed E-state index contributed by atoms with van der Waals surface area (Å²) < 4.78 is 5.39. The lowest BCUT2D eigenvalue weighted by Gasteiger charge is -2.19. The van der Waals surface area contributed by atoms with Gasteiger partial charge >= 0.3 is 0 Å². The van der Waals surface area contributed by atoms with Crippen molar-refractivity contribution in [1.82, 2.24) is 0 Å². The molecule has 0 saturated heterocycles. The summed E-state index contributed by atoms with van der Waals surface area (Å²) in [5.41, 5.74) is 3.77. The number of ether oxygens (including phenoxy) is 1. The molecule has 26 heavy (non-hydrogen) atoms. The third kappa shape index (κ3) is 3.15. The van der Waals surface area contributed by atoms with Crippen LogP contribution in [0.4, 0.5) is 5.69 Å². The van der Waals surface area contributed by atoms with Crippen LogP contribution in [0.3, 0.4) is 0 Å². The van der Waals surface area contributed by atoms with E-state index in [9.17, 15) is 9.59 Å². The second-order valence-electron chi connectivity index (χ2n) is 6.12. The number of imide groups is 1. The fourth-order valence-corrected chi connectivity index (χ4v) is 3.81. The molecule has 0 unspecified atom stereocenters. The van der Waals surface area contributed by atoms with Crippen molar-refractivity contribution in [2.75, 3.05) is 17.8 Å². The normalized spacial score (nSPS) is 14.4. The van der Waals surface area contributed by atoms with E-state index >= 15 is 0 Å². The number of carbonyl (C=O) groups is 2. The number of hydrogen-bond acceptors (Lipinski definition) is 4. The lowest BCUT2D eigenvalue weighted by atomic mass is 10.0. The van der Waals surface area contributed by atoms with Gasteiger partial charge in [0.1, 0.15) is 5.75 Å². The molecule has 0 N–H and O–H groups in total. The van der Waals surface area contributed by atoms with Crippen LogP contribution in [0.2, 0.25) is 0 Å². The minimum absolute atomic E-state index is 0.290. The summed E-state index contributed by atoms with van der Waals surface area (Å²) in [6.07, 6.45) is 0. The highest BCUT2D eigenvalue weighted by atomic mass is 32.2. The molecular weight excluding hydrogens is 346 g/mol. The predicted molar refractivity (Wildman–Crippen MR) is 106 cm³/mol. The van der Waals surface area contributed by atoms with E-state index in [4.69, 9.17) is 4.74 Å². The smallest absolute Gasteiger partial charge is 0.272 e. The van der Waals surface area contributed by atoms with Gasteiger partial charge in [-0.05, 0) is 42.9 Å². The maximum atomic E-state index is 13.2. The van der Waals surface area contributed by atoms with Gasteiger partial charge in [0.05, 0.1) is 23.3 Å². The molecule has 1 heterocycles. The number of methoxy groups -OCH3 is 1. The molecule has 0 fully saturated rings. The largest absolute Gasteiger partial charge is 0.495 e. The van der Waals surface area contributed by atoms with E-state index in [1.54, 1.807) is 12.1 Å². The molecule has 0 aromatic heterocycles. The topological polar surface area (TPSA) is 46.6 Å². The SMILES string of the molecule is CCSC1=C(c2ccc(C)cc2)C(=O)N(c2cc(C)ccc2OC)C1=O. The van der Waals surface area contributed by atoms with E-state index in [2.05, 4.69) is 0 Å². The second kappa shape index (κ2) is 7.38. The van der Waals surface area contributed by atoms with Gasteiger partial charge in [-0.25, -0.2) is 4.90 Å². The summed E-state index contributed by atoms with van der Waals surface area (Å²) in [5, 5.41) is 0. The zero-order valence-corrected chi connectivity index (χ0v) is 16.1. The average molecular weight is 367 g/mol. The van der Waals surface area contributed by atoms with Crippen LogP contribution in [0.15, 0.2) is 47.4 Å². The van der Waals surface area contributed by atoms with Crippen LogP contribution >= 0.6 is 11.8 Å². The minimum Gasteiger partial charge on any atom is -0.495 e. The molecular formula is C21H21NO3S. The zero-order chi connectivity index (χ0) is 18.8. The number of carbonyl (C=O) groups excluding carboxylic acids is 2. The zero-order valence-electron chi connectivity index (χ0n) is 15.3. The lowest BCUT2D eigenvalue weighted by molar-refractivity contribution is -0.119. The summed E-state index contributed by atoms with van der Waals surface area (Å²) in [5.74, 6) is 0.617. The van der Waals surface area contributed by atoms with Crippen molar-refractivity contribution >= 4 is 34.8 Å². The van der Waals surface area contributed by atoms with Crippen LogP contribution in [-0.2, 0) is 9.59 Å². The Morgan fingerprint density at radius 2 is 1.62 bits per heavy atom. The quantitative estimate of drug-likeness (QED) is 0.737. The Labute approximate surface area is 157 Å². The Bertz CT molecular complexity index is 900. The van der Waals surface area contributed by atoms with Gasteiger partial charge in [0, 0.05) is 0 Å². The molecule has 0 aliphatic carbocycles. The van der Waals surface area contributed by atoms with Crippen LogP contribution in [0.25, 0.3) is 5.57 Å². The maximum Gasteiger partial charge on any atom is 0.272 e. The first-order valence-electron chi connectivity index (χ1n) is 8.45. The van der Waals surface area contributed by atoms with Crippen LogP contribution < -0.4 is 9.64 Å². The van der Waals surface area contributed by atoms with Crippen molar-refractivity contribution in [3.05, 3.63) is 64.1 Å². The molecule has 1 aliphatic heterocycles. The third-order valence-electron chi connectivity index (χ3n) is 4.25. The number of benzene rings is 2. The predicted octanol–water partition coefficient (Wildman–Crippen LogP) is 4.35. The highest BCUT2D eigenvalue weighted by Gasteiger charge is 2.41. The van der Waals surface area contributed by atoms with Gasteiger partial charge in [0.15, 0.2) is 0 Å². The van der Waals surface area contributed by atoms with Gasteiger partial charge < -0.3 is 4.74 Å². The van der Waals surface area contributed by atoms with Crippen molar-refractivity contribution in [1.29, 1.82) is 0 Å². The van der Waals surface area contributed by atoms with Crippen LogP contribution in [-0.4, -0.2) is 24.7 Å². The Morgan fingerprint density at radius 3 is 2.23 bits per heavy atom. The second-order valence-corrected chi connectivity index (χ2v) is 7.40. The summed E-state index contributed by atoms with van der Waals surface area (Å²) in [6, 6.07) is 13.2. The van der Waals surface area contributed by atoms with Gasteiger partial charge in [-0.1, -0.05) is 42.8 Å². The van der Waals surface area contributed by atoms with E-state index in [1.165, 1.54) is 23.8 Å². The minimum atomic E-state index is -0.307. The first-order chi connectivity index (χ1) is 12.5. The molecule has 2 aromatic carbocycles. The van der Waals surface area contributed by atoms with E-state index in [-0.39, 0.29) is 11.8 Å². The molecule has 0 atom stereocenters. The number of hydrogen-bond donors (Lipinski definition) is 0. The van der Waals surface area contributed by atoms with Crippen LogP contribution in [0.5, 0.6) is 5.75 Å². The Balaban J connectivity index is 2.13. The molecule has 134 valence electrons. The number of anilines is 1. The fraction of sp³-hybridized carbons (Fsp3) is 0.238. The van der Waals surface area contributed by atoms with Crippen LogP contribution in [0, 0.1) is 13.8 Å². The van der Waals surface area contributed by atoms with E-state index in [0.717, 1.165) is 16.7 Å².